The van der Waals surface area contributed by atoms with Crippen LogP contribution in [0.1, 0.15) is 15.9 Å². The average Bonchev–Trinajstić information content (AvgIpc) is 2.48. The fourth-order valence-corrected chi connectivity index (χ4v) is 2.06. The summed E-state index contributed by atoms with van der Waals surface area (Å²) in [5.74, 6) is 0.0399. The Morgan fingerprint density at radius 2 is 1.80 bits per heavy atom. The van der Waals surface area contributed by atoms with E-state index in [1.54, 1.807) is 18.2 Å². The van der Waals surface area contributed by atoms with E-state index in [0.717, 1.165) is 0 Å². The molecule has 1 aliphatic heterocycles. The van der Waals surface area contributed by atoms with Gasteiger partial charge in [-0.15, -0.1) is 0 Å². The van der Waals surface area contributed by atoms with E-state index in [2.05, 4.69) is 0 Å². The SMILES string of the molecule is Nc1ccc(F)c(C(=O)c2ccc3c(c2)OCCO3)c1. The lowest BCUT2D eigenvalue weighted by Crippen LogP contribution is -2.16. The molecule has 0 saturated heterocycles. The number of anilines is 1. The fraction of sp³-hybridized carbons (Fsp3) is 0.133. The van der Waals surface area contributed by atoms with E-state index in [9.17, 15) is 9.18 Å². The van der Waals surface area contributed by atoms with Crippen LogP contribution >= 0.6 is 0 Å². The monoisotopic (exact) mass is 273 g/mol. The number of nitrogen functional groups attached to an aromatic ring is 1. The summed E-state index contributed by atoms with van der Waals surface area (Å²) in [6, 6.07) is 8.70. The minimum atomic E-state index is -0.598. The topological polar surface area (TPSA) is 61.6 Å². The highest BCUT2D eigenvalue weighted by atomic mass is 19.1. The maximum absolute atomic E-state index is 13.7. The third kappa shape index (κ3) is 2.18. The van der Waals surface area contributed by atoms with Crippen molar-refractivity contribution in [2.75, 3.05) is 18.9 Å². The van der Waals surface area contributed by atoms with Crippen molar-refractivity contribution in [2.24, 2.45) is 0 Å². The standard InChI is InChI=1S/C15H12FNO3/c16-12-3-2-10(17)8-11(12)15(18)9-1-4-13-14(7-9)20-6-5-19-13/h1-4,7-8H,5-6,17H2. The first-order valence-electron chi connectivity index (χ1n) is 6.14. The molecule has 1 aliphatic rings. The van der Waals surface area contributed by atoms with E-state index in [4.69, 9.17) is 15.2 Å². The molecule has 102 valence electrons. The van der Waals surface area contributed by atoms with Gasteiger partial charge >= 0.3 is 0 Å². The summed E-state index contributed by atoms with van der Waals surface area (Å²) in [6.45, 7) is 0.904. The zero-order chi connectivity index (χ0) is 14.1. The number of carbonyl (C=O) groups is 1. The number of hydrogen-bond donors (Lipinski definition) is 1. The summed E-state index contributed by atoms with van der Waals surface area (Å²) in [4.78, 5) is 12.3. The smallest absolute Gasteiger partial charge is 0.196 e. The maximum Gasteiger partial charge on any atom is 0.196 e. The number of nitrogens with two attached hydrogens (primary N) is 1. The Morgan fingerprint density at radius 1 is 1.05 bits per heavy atom. The Bertz CT molecular complexity index is 685. The molecule has 2 N–H and O–H groups in total. The van der Waals surface area contributed by atoms with Gasteiger partial charge in [-0.05, 0) is 36.4 Å². The molecule has 0 fully saturated rings. The van der Waals surface area contributed by atoms with Gasteiger partial charge in [-0.25, -0.2) is 4.39 Å². The van der Waals surface area contributed by atoms with Crippen molar-refractivity contribution in [3.63, 3.8) is 0 Å². The van der Waals surface area contributed by atoms with Crippen molar-refractivity contribution in [3.8, 4) is 11.5 Å². The van der Waals surface area contributed by atoms with Crippen LogP contribution in [0, 0.1) is 5.82 Å². The van der Waals surface area contributed by atoms with E-state index in [1.165, 1.54) is 18.2 Å². The molecule has 2 aromatic rings. The largest absolute Gasteiger partial charge is 0.486 e. The average molecular weight is 273 g/mol. The van der Waals surface area contributed by atoms with Gasteiger partial charge in [0.25, 0.3) is 0 Å². The summed E-state index contributed by atoms with van der Waals surface area (Å²) in [7, 11) is 0. The molecule has 0 bridgehead atoms. The molecular formula is C15H12FNO3. The molecule has 0 aliphatic carbocycles. The minimum absolute atomic E-state index is 0.0540. The van der Waals surface area contributed by atoms with Gasteiger partial charge in [-0.3, -0.25) is 4.79 Å². The normalized spacial score (nSPS) is 13.1. The summed E-state index contributed by atoms with van der Waals surface area (Å²) in [6.07, 6.45) is 0. The predicted molar refractivity (Wildman–Crippen MR) is 71.7 cm³/mol. The molecule has 0 unspecified atom stereocenters. The van der Waals surface area contributed by atoms with Crippen molar-refractivity contribution in [1.82, 2.24) is 0 Å². The first-order chi connectivity index (χ1) is 9.65. The lowest BCUT2D eigenvalue weighted by Gasteiger charge is -2.18. The molecule has 20 heavy (non-hydrogen) atoms. The Labute approximate surface area is 114 Å². The van der Waals surface area contributed by atoms with Crippen molar-refractivity contribution >= 4 is 11.5 Å². The fourth-order valence-electron chi connectivity index (χ4n) is 2.06. The van der Waals surface area contributed by atoms with Crippen LogP contribution in [0.15, 0.2) is 36.4 Å². The zero-order valence-electron chi connectivity index (χ0n) is 10.6. The van der Waals surface area contributed by atoms with Gasteiger partial charge in [0.05, 0.1) is 5.56 Å². The van der Waals surface area contributed by atoms with Crippen molar-refractivity contribution < 1.29 is 18.7 Å². The molecule has 3 rings (SSSR count). The minimum Gasteiger partial charge on any atom is -0.486 e. The van der Waals surface area contributed by atoms with Crippen LogP contribution in [-0.2, 0) is 0 Å². The molecule has 2 aromatic carbocycles. The summed E-state index contributed by atoms with van der Waals surface area (Å²) in [5.41, 5.74) is 6.21. The second kappa shape index (κ2) is 4.85. The quantitative estimate of drug-likeness (QED) is 0.674. The third-order valence-corrected chi connectivity index (χ3v) is 3.04. The highest BCUT2D eigenvalue weighted by Gasteiger charge is 2.18. The highest BCUT2D eigenvalue weighted by molar-refractivity contribution is 6.09. The van der Waals surface area contributed by atoms with Gasteiger partial charge < -0.3 is 15.2 Å². The first-order valence-corrected chi connectivity index (χ1v) is 6.14. The second-order valence-electron chi connectivity index (χ2n) is 4.43. The Balaban J connectivity index is 2.00. The number of benzene rings is 2. The first kappa shape index (κ1) is 12.5. The molecule has 0 amide bonds. The van der Waals surface area contributed by atoms with E-state index >= 15 is 0 Å². The Morgan fingerprint density at radius 3 is 2.60 bits per heavy atom. The van der Waals surface area contributed by atoms with Crippen molar-refractivity contribution in [2.45, 2.75) is 0 Å². The number of halogens is 1. The molecule has 0 spiro atoms. The maximum atomic E-state index is 13.7. The molecule has 0 radical (unpaired) electrons. The molecular weight excluding hydrogens is 261 g/mol. The molecule has 0 atom stereocenters. The van der Waals surface area contributed by atoms with Crippen LogP contribution < -0.4 is 15.2 Å². The summed E-state index contributed by atoms with van der Waals surface area (Å²) < 4.78 is 24.5. The van der Waals surface area contributed by atoms with Gasteiger partial charge in [0.2, 0.25) is 0 Å². The van der Waals surface area contributed by atoms with E-state index in [1.807, 2.05) is 0 Å². The van der Waals surface area contributed by atoms with Crippen LogP contribution in [0.2, 0.25) is 0 Å². The number of ether oxygens (including phenoxy) is 2. The molecule has 0 saturated carbocycles. The molecule has 5 heteroatoms. The van der Waals surface area contributed by atoms with E-state index < -0.39 is 11.6 Å². The summed E-state index contributed by atoms with van der Waals surface area (Å²) in [5, 5.41) is 0. The van der Waals surface area contributed by atoms with Crippen molar-refractivity contribution in [1.29, 1.82) is 0 Å². The molecule has 0 aromatic heterocycles. The number of ketones is 1. The van der Waals surface area contributed by atoms with Gasteiger partial charge in [-0.2, -0.15) is 0 Å². The third-order valence-electron chi connectivity index (χ3n) is 3.04. The second-order valence-corrected chi connectivity index (χ2v) is 4.43. The highest BCUT2D eigenvalue weighted by Crippen LogP contribution is 2.31. The number of carbonyl (C=O) groups excluding carboxylic acids is 1. The number of hydrogen-bond acceptors (Lipinski definition) is 4. The Kier molecular flexibility index (Phi) is 3.02. The van der Waals surface area contributed by atoms with Crippen LogP contribution in [0.5, 0.6) is 11.5 Å². The van der Waals surface area contributed by atoms with Crippen LogP contribution in [0.4, 0.5) is 10.1 Å². The van der Waals surface area contributed by atoms with Gasteiger partial charge in [0, 0.05) is 11.3 Å². The number of rotatable bonds is 2. The zero-order valence-corrected chi connectivity index (χ0v) is 10.6. The lowest BCUT2D eigenvalue weighted by atomic mass is 10.0. The molecule has 1 heterocycles. The predicted octanol–water partition coefficient (Wildman–Crippen LogP) is 2.41. The van der Waals surface area contributed by atoms with Gasteiger partial charge in [-0.1, -0.05) is 0 Å². The van der Waals surface area contributed by atoms with Crippen LogP contribution in [-0.4, -0.2) is 19.0 Å². The van der Waals surface area contributed by atoms with Crippen LogP contribution in [0.3, 0.4) is 0 Å². The molecule has 4 nitrogen and oxygen atoms in total. The van der Waals surface area contributed by atoms with E-state index in [-0.39, 0.29) is 5.56 Å². The lowest BCUT2D eigenvalue weighted by molar-refractivity contribution is 0.103. The van der Waals surface area contributed by atoms with E-state index in [0.29, 0.717) is 36.0 Å². The van der Waals surface area contributed by atoms with Gasteiger partial charge in [0.15, 0.2) is 17.3 Å². The van der Waals surface area contributed by atoms with Crippen molar-refractivity contribution in [3.05, 3.63) is 53.3 Å². The Hall–Kier alpha value is -2.56. The summed E-state index contributed by atoms with van der Waals surface area (Å²) >= 11 is 0. The van der Waals surface area contributed by atoms with Crippen LogP contribution in [0.25, 0.3) is 0 Å². The van der Waals surface area contributed by atoms with Gasteiger partial charge in [0.1, 0.15) is 19.0 Å². The number of fused-ring (bicyclic) bond motifs is 1.